The predicted molar refractivity (Wildman–Crippen MR) is 133 cm³/mol. The van der Waals surface area contributed by atoms with Crippen LogP contribution >= 0.6 is 45.8 Å². The molecule has 0 spiro atoms. The Labute approximate surface area is 205 Å². The molecule has 3 atom stereocenters. The summed E-state index contributed by atoms with van der Waals surface area (Å²) in [5.41, 5.74) is 5.46. The van der Waals surface area contributed by atoms with Gasteiger partial charge >= 0.3 is 0 Å². The number of hydrogen-bond acceptors (Lipinski definition) is 4. The predicted octanol–water partition coefficient (Wildman–Crippen LogP) is 5.67. The summed E-state index contributed by atoms with van der Waals surface area (Å²) in [5, 5.41) is 9.75. The Morgan fingerprint density at radius 2 is 1.77 bits per heavy atom. The lowest BCUT2D eigenvalue weighted by Crippen LogP contribution is -2.44. The van der Waals surface area contributed by atoms with Gasteiger partial charge in [-0.1, -0.05) is 41.8 Å². The average molecular weight is 569 g/mol. The topological polar surface area (TPSA) is 47.9 Å². The Bertz CT molecular complexity index is 1020. The van der Waals surface area contributed by atoms with Crippen LogP contribution < -0.4 is 10.4 Å². The van der Waals surface area contributed by atoms with E-state index in [0.717, 1.165) is 39.7 Å². The summed E-state index contributed by atoms with van der Waals surface area (Å²) in [5.74, 6) is 1.31. The zero-order chi connectivity index (χ0) is 21.5. The fourth-order valence-corrected chi connectivity index (χ4v) is 5.87. The van der Waals surface area contributed by atoms with E-state index in [-0.39, 0.29) is 11.9 Å². The number of hydrazone groups is 1. The van der Waals surface area contributed by atoms with E-state index in [0.29, 0.717) is 22.2 Å². The van der Waals surface area contributed by atoms with Crippen LogP contribution in [0.2, 0.25) is 10.0 Å². The summed E-state index contributed by atoms with van der Waals surface area (Å²) in [6, 6.07) is 13.6. The summed E-state index contributed by atoms with van der Waals surface area (Å²) < 4.78 is 1.16. The van der Waals surface area contributed by atoms with Crippen molar-refractivity contribution in [2.45, 2.75) is 31.7 Å². The van der Waals surface area contributed by atoms with Gasteiger partial charge in [-0.25, -0.2) is 5.01 Å². The van der Waals surface area contributed by atoms with Gasteiger partial charge in [-0.3, -0.25) is 15.2 Å². The molecule has 1 amide bonds. The van der Waals surface area contributed by atoms with Gasteiger partial charge < -0.3 is 0 Å². The molecule has 8 heteroatoms. The molecule has 2 heterocycles. The maximum atomic E-state index is 13.1. The fraction of sp³-hybridized carbons (Fsp3) is 0.391. The molecule has 5 rings (SSSR count). The van der Waals surface area contributed by atoms with Crippen LogP contribution in [0.5, 0.6) is 0 Å². The van der Waals surface area contributed by atoms with E-state index in [4.69, 9.17) is 28.3 Å². The Morgan fingerprint density at radius 3 is 2.45 bits per heavy atom. The van der Waals surface area contributed by atoms with Gasteiger partial charge in [0, 0.05) is 28.1 Å². The van der Waals surface area contributed by atoms with E-state index in [1.807, 2.05) is 11.1 Å². The number of nitrogens with zero attached hydrogens (tertiary/aromatic N) is 3. The zero-order valence-corrected chi connectivity index (χ0v) is 20.6. The number of hydrazine groups is 1. The third-order valence-corrected chi connectivity index (χ3v) is 7.83. The third kappa shape index (κ3) is 4.45. The lowest BCUT2D eigenvalue weighted by Gasteiger charge is -2.25. The van der Waals surface area contributed by atoms with E-state index in [1.54, 1.807) is 12.1 Å². The van der Waals surface area contributed by atoms with Crippen molar-refractivity contribution in [1.82, 2.24) is 10.4 Å². The molecule has 2 aliphatic heterocycles. The van der Waals surface area contributed by atoms with Crippen LogP contribution in [0.3, 0.4) is 0 Å². The maximum absolute atomic E-state index is 13.1. The highest BCUT2D eigenvalue weighted by Gasteiger charge is 2.38. The second-order valence-electron chi connectivity index (χ2n) is 8.56. The van der Waals surface area contributed by atoms with E-state index < -0.39 is 0 Å². The van der Waals surface area contributed by atoms with Gasteiger partial charge in [0.25, 0.3) is 5.91 Å². The molecule has 1 saturated carbocycles. The number of amides is 1. The first-order valence-electron chi connectivity index (χ1n) is 10.6. The van der Waals surface area contributed by atoms with Crippen LogP contribution in [0.4, 0.5) is 5.69 Å². The second kappa shape index (κ2) is 8.89. The number of nitrogens with one attached hydrogen (secondary N) is 1. The smallest absolute Gasteiger partial charge is 0.281 e. The third-order valence-electron chi connectivity index (χ3n) is 6.57. The second-order valence-corrected chi connectivity index (χ2v) is 10.6. The average Bonchev–Trinajstić information content (AvgIpc) is 3.43. The van der Waals surface area contributed by atoms with Crippen LogP contribution in [-0.4, -0.2) is 29.7 Å². The molecule has 1 N–H and O–H groups in total. The molecule has 0 aromatic heterocycles. The molecule has 31 heavy (non-hydrogen) atoms. The lowest BCUT2D eigenvalue weighted by molar-refractivity contribution is -0.119. The summed E-state index contributed by atoms with van der Waals surface area (Å²) in [6.07, 6.45) is 4.38. The molecule has 0 bridgehead atoms. The highest BCUT2D eigenvalue weighted by atomic mass is 127. The van der Waals surface area contributed by atoms with Gasteiger partial charge in [0.15, 0.2) is 0 Å². The minimum Gasteiger partial charge on any atom is -0.284 e. The summed E-state index contributed by atoms with van der Waals surface area (Å²) in [4.78, 5) is 13.1. The summed E-state index contributed by atoms with van der Waals surface area (Å²) in [6.45, 7) is 1.88. The van der Waals surface area contributed by atoms with Crippen molar-refractivity contribution in [3.05, 3.63) is 61.6 Å². The van der Waals surface area contributed by atoms with Crippen molar-refractivity contribution in [2.24, 2.45) is 16.9 Å². The SMILES string of the molecule is O=C(NN1CC2CCCC2C1)C1=NN(c2ccc(Cl)cc2Cl)C(c2ccc(I)cc2)C1. The van der Waals surface area contributed by atoms with Crippen LogP contribution in [0.1, 0.15) is 37.3 Å². The van der Waals surface area contributed by atoms with Gasteiger partial charge in [-0.15, -0.1) is 0 Å². The molecular formula is C23H23Cl2IN4O. The number of hydrogen-bond donors (Lipinski definition) is 1. The van der Waals surface area contributed by atoms with Crippen LogP contribution in [0.15, 0.2) is 47.6 Å². The Morgan fingerprint density at radius 1 is 1.06 bits per heavy atom. The standard InChI is InChI=1S/C23H23Cl2IN4O/c24-17-6-9-21(19(25)10-17)30-22(14-4-7-18(26)8-5-14)11-20(27-30)23(31)28-29-12-15-2-1-3-16(15)13-29/h4-10,15-16,22H,1-3,11-13H2,(H,28,31). The summed E-state index contributed by atoms with van der Waals surface area (Å²) in [7, 11) is 0. The first-order chi connectivity index (χ1) is 15.0. The van der Waals surface area contributed by atoms with Crippen molar-refractivity contribution < 1.29 is 4.79 Å². The van der Waals surface area contributed by atoms with E-state index >= 15 is 0 Å². The Hall–Kier alpha value is -1.35. The summed E-state index contributed by atoms with van der Waals surface area (Å²) >= 11 is 14.9. The molecule has 1 saturated heterocycles. The largest absolute Gasteiger partial charge is 0.284 e. The first-order valence-corrected chi connectivity index (χ1v) is 12.4. The number of rotatable bonds is 4. The van der Waals surface area contributed by atoms with Crippen molar-refractivity contribution in [2.75, 3.05) is 18.1 Å². The molecule has 162 valence electrons. The van der Waals surface area contributed by atoms with Crippen molar-refractivity contribution >= 4 is 63.1 Å². The molecule has 3 aliphatic rings. The molecule has 3 unspecified atom stereocenters. The number of carbonyl (C=O) groups excluding carboxylic acids is 1. The van der Waals surface area contributed by atoms with Gasteiger partial charge in [0.2, 0.25) is 0 Å². The van der Waals surface area contributed by atoms with Crippen molar-refractivity contribution in [1.29, 1.82) is 0 Å². The number of carbonyl (C=O) groups is 1. The normalized spacial score (nSPS) is 25.6. The van der Waals surface area contributed by atoms with E-state index in [9.17, 15) is 4.79 Å². The van der Waals surface area contributed by atoms with Crippen LogP contribution in [0, 0.1) is 15.4 Å². The quantitative estimate of drug-likeness (QED) is 0.484. The zero-order valence-electron chi connectivity index (χ0n) is 16.9. The van der Waals surface area contributed by atoms with E-state index in [2.05, 4.69) is 57.3 Å². The molecule has 2 fully saturated rings. The fourth-order valence-electron chi connectivity index (χ4n) is 5.02. The first kappa shape index (κ1) is 21.5. The Balaban J connectivity index is 1.39. The minimum absolute atomic E-state index is 0.102. The van der Waals surface area contributed by atoms with Crippen molar-refractivity contribution in [3.8, 4) is 0 Å². The number of fused-ring (bicyclic) bond motifs is 1. The van der Waals surface area contributed by atoms with Crippen molar-refractivity contribution in [3.63, 3.8) is 0 Å². The maximum Gasteiger partial charge on any atom is 0.281 e. The highest BCUT2D eigenvalue weighted by Crippen LogP contribution is 2.40. The lowest BCUT2D eigenvalue weighted by atomic mass is 10.0. The molecule has 5 nitrogen and oxygen atoms in total. The number of benzene rings is 2. The number of halogens is 3. The monoisotopic (exact) mass is 568 g/mol. The number of anilines is 1. The van der Waals surface area contributed by atoms with Gasteiger partial charge in [0.05, 0.1) is 16.8 Å². The van der Waals surface area contributed by atoms with Gasteiger partial charge in [-0.05, 0) is 83.2 Å². The van der Waals surface area contributed by atoms with E-state index in [1.165, 1.54) is 19.3 Å². The molecule has 0 radical (unpaired) electrons. The minimum atomic E-state index is -0.122. The van der Waals surface area contributed by atoms with Crippen LogP contribution in [-0.2, 0) is 4.79 Å². The molecular weight excluding hydrogens is 546 g/mol. The Kier molecular flexibility index (Phi) is 6.16. The molecule has 2 aromatic carbocycles. The molecule has 2 aromatic rings. The van der Waals surface area contributed by atoms with Crippen LogP contribution in [0.25, 0.3) is 0 Å². The van der Waals surface area contributed by atoms with Gasteiger partial charge in [-0.2, -0.15) is 5.10 Å². The van der Waals surface area contributed by atoms with Gasteiger partial charge in [0.1, 0.15) is 5.71 Å². The molecule has 1 aliphatic carbocycles. The highest BCUT2D eigenvalue weighted by molar-refractivity contribution is 14.1.